The second-order valence-corrected chi connectivity index (χ2v) is 9.82. The number of sulfonamides is 1. The number of nitrogens with one attached hydrogen (secondary N) is 2. The molecule has 9 nitrogen and oxygen atoms in total. The molecular weight excluding hydrogens is 420 g/mol. The number of rotatable bonds is 6. The maximum absolute atomic E-state index is 12.9. The molecule has 0 radical (unpaired) electrons. The van der Waals surface area contributed by atoms with Crippen LogP contribution in [0.1, 0.15) is 18.1 Å². The number of hydrogen-bond donors (Lipinski definition) is 2. The summed E-state index contributed by atoms with van der Waals surface area (Å²) in [5.74, 6) is -1.11. The van der Waals surface area contributed by atoms with E-state index in [-0.39, 0.29) is 4.90 Å². The number of nitrogens with zero attached hydrogens (tertiary/aromatic N) is 2. The van der Waals surface area contributed by atoms with Gasteiger partial charge in [0, 0.05) is 19.8 Å². The molecule has 1 aliphatic heterocycles. The number of imide groups is 1. The summed E-state index contributed by atoms with van der Waals surface area (Å²) in [5, 5.41) is 5.23. The largest absolute Gasteiger partial charge is 0.325 e. The number of benzene rings is 2. The third-order valence-electron chi connectivity index (χ3n) is 5.12. The molecule has 10 heteroatoms. The molecule has 2 aromatic rings. The molecule has 2 N–H and O–H groups in total. The molecule has 1 saturated heterocycles. The van der Waals surface area contributed by atoms with E-state index in [9.17, 15) is 22.8 Å². The minimum Gasteiger partial charge on any atom is -0.325 e. The Morgan fingerprint density at radius 3 is 2.19 bits per heavy atom. The smallest absolute Gasteiger partial charge is 0.325 e. The monoisotopic (exact) mass is 444 g/mol. The summed E-state index contributed by atoms with van der Waals surface area (Å²) in [7, 11) is -0.734. The molecule has 2 aromatic carbocycles. The van der Waals surface area contributed by atoms with Crippen molar-refractivity contribution in [1.29, 1.82) is 0 Å². The number of carbonyl (C=O) groups is 3. The van der Waals surface area contributed by atoms with E-state index in [0.29, 0.717) is 11.3 Å². The summed E-state index contributed by atoms with van der Waals surface area (Å²) in [6.07, 6.45) is 0. The molecular formula is C21H24N4O5S. The molecule has 1 aliphatic rings. The molecule has 0 saturated carbocycles. The van der Waals surface area contributed by atoms with E-state index >= 15 is 0 Å². The maximum Gasteiger partial charge on any atom is 0.325 e. The van der Waals surface area contributed by atoms with Crippen molar-refractivity contribution < 1.29 is 22.8 Å². The molecule has 0 unspecified atom stereocenters. The van der Waals surface area contributed by atoms with Crippen LogP contribution >= 0.6 is 0 Å². The molecule has 1 fully saturated rings. The minimum absolute atomic E-state index is 0.0819. The van der Waals surface area contributed by atoms with Crippen LogP contribution in [-0.2, 0) is 25.2 Å². The second-order valence-electron chi connectivity index (χ2n) is 7.67. The van der Waals surface area contributed by atoms with E-state index in [1.807, 2.05) is 19.1 Å². The number of amides is 4. The third-order valence-corrected chi connectivity index (χ3v) is 6.95. The fourth-order valence-corrected chi connectivity index (χ4v) is 4.09. The van der Waals surface area contributed by atoms with Crippen LogP contribution in [0.25, 0.3) is 0 Å². The Kier molecular flexibility index (Phi) is 5.88. The standard InChI is InChI=1S/C21H24N4O5S/c1-14-5-7-15(8-6-14)21(2)19(27)25(20(28)23-21)13-18(26)22-16-9-11-17(12-10-16)31(29,30)24(3)4/h5-12H,13H2,1-4H3,(H,22,26)(H,23,28)/t21-/m0/s1. The van der Waals surface area contributed by atoms with Gasteiger partial charge in [0.15, 0.2) is 0 Å². The first-order valence-electron chi connectivity index (χ1n) is 9.49. The highest BCUT2D eigenvalue weighted by atomic mass is 32.2. The summed E-state index contributed by atoms with van der Waals surface area (Å²) < 4.78 is 25.3. The summed E-state index contributed by atoms with van der Waals surface area (Å²) in [5.41, 5.74) is 0.727. The molecule has 3 rings (SSSR count). The molecule has 164 valence electrons. The second kappa shape index (κ2) is 8.12. The quantitative estimate of drug-likeness (QED) is 0.658. The Balaban J connectivity index is 1.70. The van der Waals surface area contributed by atoms with Gasteiger partial charge in [-0.15, -0.1) is 0 Å². The van der Waals surface area contributed by atoms with Crippen molar-refractivity contribution in [1.82, 2.24) is 14.5 Å². The van der Waals surface area contributed by atoms with Gasteiger partial charge in [-0.25, -0.2) is 17.5 Å². The average molecular weight is 445 g/mol. The van der Waals surface area contributed by atoms with Gasteiger partial charge >= 0.3 is 6.03 Å². The van der Waals surface area contributed by atoms with Gasteiger partial charge in [0.25, 0.3) is 5.91 Å². The minimum atomic E-state index is -3.58. The molecule has 1 atom stereocenters. The maximum atomic E-state index is 12.9. The van der Waals surface area contributed by atoms with Crippen LogP contribution in [0.5, 0.6) is 0 Å². The van der Waals surface area contributed by atoms with E-state index in [4.69, 9.17) is 0 Å². The summed E-state index contributed by atoms with van der Waals surface area (Å²) in [6, 6.07) is 12.2. The van der Waals surface area contributed by atoms with E-state index in [2.05, 4.69) is 10.6 Å². The Bertz CT molecular complexity index is 1130. The van der Waals surface area contributed by atoms with Gasteiger partial charge in [0.05, 0.1) is 4.90 Å². The Hall–Kier alpha value is -3.24. The van der Waals surface area contributed by atoms with Crippen LogP contribution in [0.3, 0.4) is 0 Å². The normalized spacial score (nSPS) is 18.9. The van der Waals surface area contributed by atoms with Gasteiger partial charge in [0.2, 0.25) is 15.9 Å². The first kappa shape index (κ1) is 22.4. The lowest BCUT2D eigenvalue weighted by molar-refractivity contribution is -0.133. The number of urea groups is 1. The topological polar surface area (TPSA) is 116 Å². The fourth-order valence-electron chi connectivity index (χ4n) is 3.19. The van der Waals surface area contributed by atoms with E-state index in [1.165, 1.54) is 38.4 Å². The summed E-state index contributed by atoms with van der Waals surface area (Å²) >= 11 is 0. The van der Waals surface area contributed by atoms with Gasteiger partial charge in [-0.05, 0) is 43.7 Å². The lowest BCUT2D eigenvalue weighted by Gasteiger charge is -2.22. The predicted octanol–water partition coefficient (Wildman–Crippen LogP) is 1.65. The Morgan fingerprint density at radius 2 is 1.65 bits per heavy atom. The lowest BCUT2D eigenvalue weighted by Crippen LogP contribution is -2.42. The van der Waals surface area contributed by atoms with Crippen LogP contribution in [0.15, 0.2) is 53.4 Å². The van der Waals surface area contributed by atoms with Crippen LogP contribution in [-0.4, -0.2) is 56.1 Å². The highest BCUT2D eigenvalue weighted by Gasteiger charge is 2.49. The van der Waals surface area contributed by atoms with Gasteiger partial charge in [-0.3, -0.25) is 14.5 Å². The van der Waals surface area contributed by atoms with Crippen molar-refractivity contribution in [2.24, 2.45) is 0 Å². The predicted molar refractivity (Wildman–Crippen MR) is 115 cm³/mol. The van der Waals surface area contributed by atoms with E-state index in [1.54, 1.807) is 19.1 Å². The molecule has 0 spiro atoms. The third kappa shape index (κ3) is 4.30. The molecule has 31 heavy (non-hydrogen) atoms. The first-order valence-corrected chi connectivity index (χ1v) is 10.9. The zero-order chi connectivity index (χ0) is 23.0. The first-order chi connectivity index (χ1) is 14.4. The van der Waals surface area contributed by atoms with Crippen molar-refractivity contribution >= 4 is 33.6 Å². The Morgan fingerprint density at radius 1 is 1.06 bits per heavy atom. The SMILES string of the molecule is Cc1ccc([C@]2(C)NC(=O)N(CC(=O)Nc3ccc(S(=O)(=O)N(C)C)cc3)C2=O)cc1. The lowest BCUT2D eigenvalue weighted by atomic mass is 9.91. The van der Waals surface area contributed by atoms with Crippen LogP contribution in [0.4, 0.5) is 10.5 Å². The fraction of sp³-hybridized carbons (Fsp3) is 0.286. The van der Waals surface area contributed by atoms with Gasteiger partial charge in [-0.1, -0.05) is 29.8 Å². The molecule has 4 amide bonds. The molecule has 0 aromatic heterocycles. The van der Waals surface area contributed by atoms with Crippen molar-refractivity contribution in [2.45, 2.75) is 24.3 Å². The molecule has 0 bridgehead atoms. The van der Waals surface area contributed by atoms with Crippen molar-refractivity contribution in [3.05, 3.63) is 59.7 Å². The highest BCUT2D eigenvalue weighted by molar-refractivity contribution is 7.89. The van der Waals surface area contributed by atoms with E-state index in [0.717, 1.165) is 14.8 Å². The molecule has 1 heterocycles. The molecule has 0 aliphatic carbocycles. The van der Waals surface area contributed by atoms with Crippen LogP contribution in [0, 0.1) is 6.92 Å². The van der Waals surface area contributed by atoms with Crippen LogP contribution in [0.2, 0.25) is 0 Å². The van der Waals surface area contributed by atoms with Crippen molar-refractivity contribution in [2.75, 3.05) is 26.0 Å². The van der Waals surface area contributed by atoms with Gasteiger partial charge in [0.1, 0.15) is 12.1 Å². The summed E-state index contributed by atoms with van der Waals surface area (Å²) in [6.45, 7) is 3.05. The summed E-state index contributed by atoms with van der Waals surface area (Å²) in [4.78, 5) is 38.7. The number of hydrogen-bond acceptors (Lipinski definition) is 5. The average Bonchev–Trinajstić information content (AvgIpc) is 2.92. The van der Waals surface area contributed by atoms with Crippen molar-refractivity contribution in [3.63, 3.8) is 0 Å². The number of aryl methyl sites for hydroxylation is 1. The van der Waals surface area contributed by atoms with Crippen molar-refractivity contribution in [3.8, 4) is 0 Å². The van der Waals surface area contributed by atoms with Gasteiger partial charge < -0.3 is 10.6 Å². The zero-order valence-corrected chi connectivity index (χ0v) is 18.5. The number of anilines is 1. The zero-order valence-electron chi connectivity index (χ0n) is 17.7. The highest BCUT2D eigenvalue weighted by Crippen LogP contribution is 2.29. The van der Waals surface area contributed by atoms with Gasteiger partial charge in [-0.2, -0.15) is 0 Å². The Labute approximate surface area is 181 Å². The van der Waals surface area contributed by atoms with E-state index < -0.39 is 40.0 Å². The van der Waals surface area contributed by atoms with Crippen LogP contribution < -0.4 is 10.6 Å². The number of carbonyl (C=O) groups excluding carboxylic acids is 3.